The summed E-state index contributed by atoms with van der Waals surface area (Å²) < 4.78 is 4.73. The molecule has 2 aliphatic rings. The smallest absolute Gasteiger partial charge is 0.417 e. The summed E-state index contributed by atoms with van der Waals surface area (Å²) in [5.41, 5.74) is 0.978. The Bertz CT molecular complexity index is 818. The van der Waals surface area contributed by atoms with Gasteiger partial charge in [0.15, 0.2) is 12.3 Å². The van der Waals surface area contributed by atoms with E-state index < -0.39 is 6.09 Å². The topological polar surface area (TPSA) is 97.6 Å². The largest absolute Gasteiger partial charge is 0.439 e. The van der Waals surface area contributed by atoms with Gasteiger partial charge in [0.2, 0.25) is 0 Å². The molecule has 2 fully saturated rings. The maximum atomic E-state index is 12.6. The molecule has 0 spiro atoms. The van der Waals surface area contributed by atoms with Crippen LogP contribution >= 0.6 is 0 Å². The van der Waals surface area contributed by atoms with Crippen LogP contribution < -0.4 is 0 Å². The first-order valence-electron chi connectivity index (χ1n) is 7.89. The Hall–Kier alpha value is -3.23. The number of amides is 3. The minimum absolute atomic E-state index is 0.222. The van der Waals surface area contributed by atoms with Crippen molar-refractivity contribution < 1.29 is 19.1 Å². The zero-order valence-corrected chi connectivity index (χ0v) is 13.2. The van der Waals surface area contributed by atoms with Crippen LogP contribution in [0.3, 0.4) is 0 Å². The number of hydrogen-bond donors (Lipinski definition) is 0. The zero-order valence-electron chi connectivity index (χ0n) is 13.2. The minimum Gasteiger partial charge on any atom is -0.439 e. The molecule has 4 rings (SSSR count). The van der Waals surface area contributed by atoms with Crippen LogP contribution in [0, 0.1) is 0 Å². The van der Waals surface area contributed by atoms with E-state index >= 15 is 0 Å². The van der Waals surface area contributed by atoms with Crippen LogP contribution in [-0.2, 0) is 9.53 Å². The van der Waals surface area contributed by atoms with E-state index in [1.807, 2.05) is 30.3 Å². The van der Waals surface area contributed by atoms with Crippen molar-refractivity contribution >= 4 is 17.9 Å². The number of rotatable bonds is 3. The summed E-state index contributed by atoms with van der Waals surface area (Å²) in [6.45, 7) is 0.491. The van der Waals surface area contributed by atoms with Gasteiger partial charge >= 0.3 is 6.09 Å². The Morgan fingerprint density at radius 1 is 1.20 bits per heavy atom. The molecule has 2 aromatic rings. The van der Waals surface area contributed by atoms with E-state index in [0.717, 1.165) is 10.6 Å². The number of ether oxygens (including phenoxy) is 1. The lowest BCUT2D eigenvalue weighted by atomic mass is 10.2. The fourth-order valence-corrected chi connectivity index (χ4v) is 3.06. The number of likely N-dealkylation sites (tertiary alicyclic amines) is 1. The Morgan fingerprint density at radius 3 is 2.72 bits per heavy atom. The van der Waals surface area contributed by atoms with Gasteiger partial charge in [0, 0.05) is 13.1 Å². The number of cyclic esters (lactones) is 1. The Kier molecular flexibility index (Phi) is 3.68. The van der Waals surface area contributed by atoms with Crippen LogP contribution in [0.2, 0.25) is 0 Å². The van der Waals surface area contributed by atoms with Gasteiger partial charge in [0.25, 0.3) is 11.8 Å². The summed E-state index contributed by atoms with van der Waals surface area (Å²) >= 11 is 0. The fourth-order valence-electron chi connectivity index (χ4n) is 3.06. The van der Waals surface area contributed by atoms with E-state index in [-0.39, 0.29) is 36.7 Å². The maximum Gasteiger partial charge on any atom is 0.417 e. The van der Waals surface area contributed by atoms with E-state index in [0.29, 0.717) is 13.0 Å². The van der Waals surface area contributed by atoms with Crippen LogP contribution in [0.25, 0.3) is 5.69 Å². The van der Waals surface area contributed by atoms with Gasteiger partial charge < -0.3 is 9.64 Å². The quantitative estimate of drug-likeness (QED) is 0.804. The average molecular weight is 341 g/mol. The van der Waals surface area contributed by atoms with Crippen molar-refractivity contribution in [3.8, 4) is 5.69 Å². The molecule has 0 saturated carbocycles. The summed E-state index contributed by atoms with van der Waals surface area (Å²) in [5, 5.41) is 8.34. The van der Waals surface area contributed by atoms with Crippen LogP contribution in [0.1, 0.15) is 16.9 Å². The predicted molar refractivity (Wildman–Crippen MR) is 83.9 cm³/mol. The maximum absolute atomic E-state index is 12.6. The second kappa shape index (κ2) is 6.00. The molecule has 1 atom stereocenters. The van der Waals surface area contributed by atoms with Gasteiger partial charge in [-0.25, -0.2) is 9.69 Å². The van der Waals surface area contributed by atoms with Gasteiger partial charge in [0.1, 0.15) is 0 Å². The van der Waals surface area contributed by atoms with Gasteiger partial charge in [-0.1, -0.05) is 18.2 Å². The van der Waals surface area contributed by atoms with E-state index in [2.05, 4.69) is 10.2 Å². The number of benzene rings is 1. The molecular weight excluding hydrogens is 326 g/mol. The van der Waals surface area contributed by atoms with Crippen molar-refractivity contribution in [3.63, 3.8) is 0 Å². The average Bonchev–Trinajstić information content (AvgIpc) is 3.35. The third-order valence-electron chi connectivity index (χ3n) is 4.30. The number of para-hydroxylation sites is 1. The van der Waals surface area contributed by atoms with Crippen molar-refractivity contribution in [2.75, 3.05) is 19.7 Å². The van der Waals surface area contributed by atoms with Crippen molar-refractivity contribution in [2.24, 2.45) is 0 Å². The third-order valence-corrected chi connectivity index (χ3v) is 4.30. The molecule has 0 radical (unpaired) electrons. The summed E-state index contributed by atoms with van der Waals surface area (Å²) in [6.07, 6.45) is 1.30. The summed E-state index contributed by atoms with van der Waals surface area (Å²) in [5.74, 6) is -0.635. The first-order chi connectivity index (χ1) is 12.1. The molecule has 9 heteroatoms. The lowest BCUT2D eigenvalue weighted by Crippen LogP contribution is -2.42. The van der Waals surface area contributed by atoms with E-state index in [9.17, 15) is 14.4 Å². The van der Waals surface area contributed by atoms with Gasteiger partial charge in [0.05, 0.1) is 17.9 Å². The highest BCUT2D eigenvalue weighted by atomic mass is 16.6. The highest BCUT2D eigenvalue weighted by Gasteiger charge is 2.41. The van der Waals surface area contributed by atoms with Crippen molar-refractivity contribution in [1.82, 2.24) is 24.8 Å². The van der Waals surface area contributed by atoms with Crippen LogP contribution in [-0.4, -0.2) is 68.4 Å². The Morgan fingerprint density at radius 2 is 2.00 bits per heavy atom. The second-order valence-electron chi connectivity index (χ2n) is 5.87. The first-order valence-corrected chi connectivity index (χ1v) is 7.89. The molecule has 2 aliphatic heterocycles. The number of carbonyl (C=O) groups is 3. The van der Waals surface area contributed by atoms with E-state index in [4.69, 9.17) is 4.74 Å². The zero-order chi connectivity index (χ0) is 17.4. The predicted octanol–water partition coefficient (Wildman–Crippen LogP) is 0.461. The van der Waals surface area contributed by atoms with E-state index in [1.165, 1.54) is 11.0 Å². The number of aromatic nitrogens is 3. The molecule has 1 aromatic heterocycles. The molecular formula is C16H15N5O4. The van der Waals surface area contributed by atoms with Crippen molar-refractivity contribution in [3.05, 3.63) is 42.2 Å². The van der Waals surface area contributed by atoms with Crippen LogP contribution in [0.15, 0.2) is 36.5 Å². The van der Waals surface area contributed by atoms with Crippen molar-refractivity contribution in [1.29, 1.82) is 0 Å². The molecule has 2 saturated heterocycles. The fraction of sp³-hybridized carbons (Fsp3) is 0.312. The molecule has 128 valence electrons. The highest BCUT2D eigenvalue weighted by molar-refractivity contribution is 5.98. The molecule has 3 amide bonds. The second-order valence-corrected chi connectivity index (χ2v) is 5.87. The van der Waals surface area contributed by atoms with Gasteiger partial charge in [-0.2, -0.15) is 9.90 Å². The van der Waals surface area contributed by atoms with Gasteiger partial charge in [-0.3, -0.25) is 9.59 Å². The molecule has 1 unspecified atom stereocenters. The summed E-state index contributed by atoms with van der Waals surface area (Å²) in [7, 11) is 0. The minimum atomic E-state index is -0.640. The lowest BCUT2D eigenvalue weighted by Gasteiger charge is -2.19. The third kappa shape index (κ3) is 2.73. The lowest BCUT2D eigenvalue weighted by molar-refractivity contribution is -0.127. The number of imide groups is 1. The molecule has 0 aliphatic carbocycles. The summed E-state index contributed by atoms with van der Waals surface area (Å²) in [6, 6.07) is 8.92. The Labute approximate surface area is 142 Å². The normalized spacial score (nSPS) is 20.2. The van der Waals surface area contributed by atoms with Crippen LogP contribution in [0.5, 0.6) is 0 Å². The highest BCUT2D eigenvalue weighted by Crippen LogP contribution is 2.21. The molecule has 3 heterocycles. The molecule has 1 aromatic carbocycles. The number of nitrogens with zero attached hydrogens (tertiary/aromatic N) is 5. The number of carbonyl (C=O) groups excluding carboxylic acids is 3. The van der Waals surface area contributed by atoms with Crippen molar-refractivity contribution in [2.45, 2.75) is 12.5 Å². The van der Waals surface area contributed by atoms with Crippen LogP contribution in [0.4, 0.5) is 4.79 Å². The van der Waals surface area contributed by atoms with Gasteiger partial charge in [-0.05, 0) is 18.6 Å². The summed E-state index contributed by atoms with van der Waals surface area (Å²) in [4.78, 5) is 40.0. The standard InChI is InChI=1S/C16H15N5O4/c22-14-10-25-16(24)20(14)12-6-7-19(9-12)15(23)13-8-17-21(18-13)11-4-2-1-3-5-11/h1-5,8,12H,6-7,9-10H2. The Balaban J connectivity index is 1.46. The molecule has 0 N–H and O–H groups in total. The van der Waals surface area contributed by atoms with E-state index in [1.54, 1.807) is 4.90 Å². The molecule has 9 nitrogen and oxygen atoms in total. The SMILES string of the molecule is O=C(c1cnn(-c2ccccc2)n1)N1CCC(N2C(=O)COC2=O)C1. The van der Waals surface area contributed by atoms with Gasteiger partial charge in [-0.15, -0.1) is 5.10 Å². The molecule has 25 heavy (non-hydrogen) atoms. The molecule has 0 bridgehead atoms. The monoisotopic (exact) mass is 341 g/mol. The number of hydrogen-bond acceptors (Lipinski definition) is 6. The first kappa shape index (κ1) is 15.3.